The zero-order valence-corrected chi connectivity index (χ0v) is 11.6. The normalized spacial score (nSPS) is 10.4. The molecular weight excluding hydrogens is 256 g/mol. The van der Waals surface area contributed by atoms with Crippen molar-refractivity contribution in [2.75, 3.05) is 7.05 Å². The molecule has 0 amide bonds. The maximum absolute atomic E-state index is 9.07. The Morgan fingerprint density at radius 1 is 1.11 bits per heavy atom. The molecule has 0 N–H and O–H groups in total. The summed E-state index contributed by atoms with van der Waals surface area (Å²) in [5.41, 5.74) is 2.96. The molecule has 3 heteroatoms. The molecule has 96 valence electrons. The summed E-state index contributed by atoms with van der Waals surface area (Å²) in [5.74, 6) is 0. The van der Waals surface area contributed by atoms with E-state index in [2.05, 4.69) is 17.0 Å². The smallest absolute Gasteiger partial charge is 0.0995 e. The molecule has 0 aliphatic heterocycles. The molecule has 0 bridgehead atoms. The first-order valence-electron chi connectivity index (χ1n) is 6.10. The first-order chi connectivity index (χ1) is 9.19. The monoisotopic (exact) mass is 270 g/mol. The van der Waals surface area contributed by atoms with Gasteiger partial charge in [-0.05, 0) is 36.4 Å². The van der Waals surface area contributed by atoms with Crippen LogP contribution >= 0.6 is 11.6 Å². The average Bonchev–Trinajstić information content (AvgIpc) is 2.39. The van der Waals surface area contributed by atoms with Crippen LogP contribution in [0.4, 0.5) is 0 Å². The molecule has 0 aromatic heterocycles. The van der Waals surface area contributed by atoms with Gasteiger partial charge in [0, 0.05) is 18.1 Å². The Kier molecular flexibility index (Phi) is 4.57. The highest BCUT2D eigenvalue weighted by Crippen LogP contribution is 2.15. The van der Waals surface area contributed by atoms with Gasteiger partial charge in [0.1, 0.15) is 0 Å². The van der Waals surface area contributed by atoms with Crippen LogP contribution in [0.2, 0.25) is 5.02 Å². The quantitative estimate of drug-likeness (QED) is 0.844. The van der Waals surface area contributed by atoms with Gasteiger partial charge in [-0.2, -0.15) is 5.26 Å². The van der Waals surface area contributed by atoms with Crippen molar-refractivity contribution >= 4 is 11.6 Å². The summed E-state index contributed by atoms with van der Waals surface area (Å²) in [7, 11) is 2.04. The van der Waals surface area contributed by atoms with Gasteiger partial charge in [0.25, 0.3) is 0 Å². The molecule has 0 saturated heterocycles. The van der Waals surface area contributed by atoms with Crippen molar-refractivity contribution in [3.63, 3.8) is 0 Å². The van der Waals surface area contributed by atoms with Gasteiger partial charge in [-0.15, -0.1) is 0 Å². The summed E-state index contributed by atoms with van der Waals surface area (Å²) >= 11 is 5.97. The maximum atomic E-state index is 9.07. The summed E-state index contributed by atoms with van der Waals surface area (Å²) in [6.45, 7) is 1.55. The first kappa shape index (κ1) is 13.6. The van der Waals surface area contributed by atoms with E-state index in [0.717, 1.165) is 29.2 Å². The van der Waals surface area contributed by atoms with Crippen molar-refractivity contribution in [3.05, 3.63) is 70.2 Å². The van der Waals surface area contributed by atoms with Crippen molar-refractivity contribution < 1.29 is 0 Å². The van der Waals surface area contributed by atoms with Gasteiger partial charge < -0.3 is 0 Å². The summed E-state index contributed by atoms with van der Waals surface area (Å²) in [5, 5.41) is 9.82. The van der Waals surface area contributed by atoms with Crippen LogP contribution in [-0.2, 0) is 13.1 Å². The first-order valence-corrected chi connectivity index (χ1v) is 6.48. The second-order valence-corrected chi connectivity index (χ2v) is 5.01. The number of hydrogen-bond acceptors (Lipinski definition) is 2. The SMILES string of the molecule is CN(Cc1cccc(Cl)c1)Cc1ccccc1C#N. The van der Waals surface area contributed by atoms with Crippen LogP contribution < -0.4 is 0 Å². The minimum atomic E-state index is 0.737. The van der Waals surface area contributed by atoms with Crippen LogP contribution in [0.25, 0.3) is 0 Å². The Bertz CT molecular complexity index is 602. The molecule has 0 heterocycles. The Balaban J connectivity index is 2.06. The molecule has 0 fully saturated rings. The number of halogens is 1. The van der Waals surface area contributed by atoms with E-state index in [9.17, 15) is 0 Å². The number of benzene rings is 2. The largest absolute Gasteiger partial charge is 0.298 e. The molecule has 0 atom stereocenters. The van der Waals surface area contributed by atoms with E-state index in [1.807, 2.05) is 49.5 Å². The lowest BCUT2D eigenvalue weighted by Gasteiger charge is -2.17. The highest BCUT2D eigenvalue weighted by Gasteiger charge is 2.05. The summed E-state index contributed by atoms with van der Waals surface area (Å²) in [4.78, 5) is 2.17. The number of rotatable bonds is 4. The molecule has 0 spiro atoms. The Morgan fingerprint density at radius 3 is 2.63 bits per heavy atom. The minimum absolute atomic E-state index is 0.737. The van der Waals surface area contributed by atoms with E-state index in [0.29, 0.717) is 0 Å². The van der Waals surface area contributed by atoms with E-state index in [-0.39, 0.29) is 0 Å². The fourth-order valence-electron chi connectivity index (χ4n) is 2.06. The number of hydrogen-bond donors (Lipinski definition) is 0. The van der Waals surface area contributed by atoms with Gasteiger partial charge in [0.2, 0.25) is 0 Å². The summed E-state index contributed by atoms with van der Waals surface area (Å²) in [6.07, 6.45) is 0. The van der Waals surface area contributed by atoms with Crippen molar-refractivity contribution in [1.29, 1.82) is 5.26 Å². The van der Waals surface area contributed by atoms with E-state index in [4.69, 9.17) is 16.9 Å². The molecular formula is C16H15ClN2. The number of nitriles is 1. The molecule has 0 aliphatic carbocycles. The van der Waals surface area contributed by atoms with Crippen LogP contribution in [0, 0.1) is 11.3 Å². The second-order valence-electron chi connectivity index (χ2n) is 4.57. The topological polar surface area (TPSA) is 27.0 Å². The molecule has 0 saturated carbocycles. The van der Waals surface area contributed by atoms with E-state index < -0.39 is 0 Å². The standard InChI is InChI=1S/C16H15ClN2/c1-19(11-13-5-4-8-16(17)9-13)12-15-7-3-2-6-14(15)10-18/h2-9H,11-12H2,1H3. The molecule has 0 radical (unpaired) electrons. The Labute approximate surface area is 118 Å². The zero-order valence-electron chi connectivity index (χ0n) is 10.8. The predicted molar refractivity (Wildman–Crippen MR) is 77.8 cm³/mol. The van der Waals surface area contributed by atoms with Crippen LogP contribution in [-0.4, -0.2) is 11.9 Å². The highest BCUT2D eigenvalue weighted by molar-refractivity contribution is 6.30. The van der Waals surface area contributed by atoms with Gasteiger partial charge in [-0.25, -0.2) is 0 Å². The highest BCUT2D eigenvalue weighted by atomic mass is 35.5. The number of nitrogens with zero attached hydrogens (tertiary/aromatic N) is 2. The Hall–Kier alpha value is -1.82. The van der Waals surface area contributed by atoms with Crippen molar-refractivity contribution in [2.24, 2.45) is 0 Å². The van der Waals surface area contributed by atoms with Crippen molar-refractivity contribution in [2.45, 2.75) is 13.1 Å². The van der Waals surface area contributed by atoms with Crippen molar-refractivity contribution in [3.8, 4) is 6.07 Å². The molecule has 2 nitrogen and oxygen atoms in total. The molecule has 2 rings (SSSR count). The van der Waals surface area contributed by atoms with Gasteiger partial charge in [0.05, 0.1) is 11.6 Å². The summed E-state index contributed by atoms with van der Waals surface area (Å²) in [6, 6.07) is 17.8. The molecule has 2 aromatic rings. The fourth-order valence-corrected chi connectivity index (χ4v) is 2.27. The average molecular weight is 271 g/mol. The van der Waals surface area contributed by atoms with E-state index in [1.54, 1.807) is 0 Å². The van der Waals surface area contributed by atoms with Crippen LogP contribution in [0.15, 0.2) is 48.5 Å². The maximum Gasteiger partial charge on any atom is 0.0995 e. The zero-order chi connectivity index (χ0) is 13.7. The lowest BCUT2D eigenvalue weighted by Crippen LogP contribution is -2.17. The third-order valence-electron chi connectivity index (χ3n) is 2.92. The minimum Gasteiger partial charge on any atom is -0.298 e. The van der Waals surface area contributed by atoms with Crippen LogP contribution in [0.1, 0.15) is 16.7 Å². The van der Waals surface area contributed by atoms with Crippen LogP contribution in [0.5, 0.6) is 0 Å². The predicted octanol–water partition coefficient (Wildman–Crippen LogP) is 3.84. The second kappa shape index (κ2) is 6.38. The van der Waals surface area contributed by atoms with E-state index in [1.165, 1.54) is 5.56 Å². The van der Waals surface area contributed by atoms with Crippen molar-refractivity contribution in [1.82, 2.24) is 4.90 Å². The lowest BCUT2D eigenvalue weighted by molar-refractivity contribution is 0.319. The summed E-state index contributed by atoms with van der Waals surface area (Å²) < 4.78 is 0. The molecule has 0 aliphatic rings. The van der Waals surface area contributed by atoms with Gasteiger partial charge in [-0.3, -0.25) is 4.90 Å². The van der Waals surface area contributed by atoms with Crippen LogP contribution in [0.3, 0.4) is 0 Å². The fraction of sp³-hybridized carbons (Fsp3) is 0.188. The third-order valence-corrected chi connectivity index (χ3v) is 3.15. The Morgan fingerprint density at radius 2 is 1.89 bits per heavy atom. The molecule has 19 heavy (non-hydrogen) atoms. The molecule has 2 aromatic carbocycles. The lowest BCUT2D eigenvalue weighted by atomic mass is 10.1. The van der Waals surface area contributed by atoms with Gasteiger partial charge >= 0.3 is 0 Å². The van der Waals surface area contributed by atoms with Gasteiger partial charge in [0.15, 0.2) is 0 Å². The van der Waals surface area contributed by atoms with Gasteiger partial charge in [-0.1, -0.05) is 41.9 Å². The van der Waals surface area contributed by atoms with E-state index >= 15 is 0 Å². The third kappa shape index (κ3) is 3.82. The molecule has 0 unspecified atom stereocenters.